The zero-order valence-corrected chi connectivity index (χ0v) is 13.6. The first-order valence-electron chi connectivity index (χ1n) is 8.23. The summed E-state index contributed by atoms with van der Waals surface area (Å²) >= 11 is 0. The van der Waals surface area contributed by atoms with Gasteiger partial charge in [0.15, 0.2) is 0 Å². The topological polar surface area (TPSA) is 47.0 Å². The summed E-state index contributed by atoms with van der Waals surface area (Å²) < 4.78 is 8.25. The molecule has 0 aliphatic rings. The summed E-state index contributed by atoms with van der Waals surface area (Å²) in [5.74, 6) is 0.684. The highest BCUT2D eigenvalue weighted by atomic mass is 16.5. The van der Waals surface area contributed by atoms with Crippen LogP contribution in [0, 0.1) is 0 Å². The molecule has 0 aliphatic carbocycles. The second kappa shape index (κ2) is 6.69. The van der Waals surface area contributed by atoms with E-state index in [0.29, 0.717) is 17.7 Å². The molecule has 4 heteroatoms. The van der Waals surface area contributed by atoms with E-state index >= 15 is 0 Å². The van der Waals surface area contributed by atoms with Gasteiger partial charge in [-0.1, -0.05) is 48.5 Å². The van der Waals surface area contributed by atoms with Crippen LogP contribution in [-0.4, -0.2) is 16.2 Å². The summed E-state index contributed by atoms with van der Waals surface area (Å²) in [5.41, 5.74) is 1.07. The first-order valence-corrected chi connectivity index (χ1v) is 8.23. The van der Waals surface area contributed by atoms with Gasteiger partial charge in [0.1, 0.15) is 12.4 Å². The molecule has 0 radical (unpaired) electrons. The molecule has 1 unspecified atom stereocenters. The molecular formula is C21H18N2O2. The van der Waals surface area contributed by atoms with Gasteiger partial charge in [-0.05, 0) is 23.8 Å². The molecule has 25 heavy (non-hydrogen) atoms. The van der Waals surface area contributed by atoms with E-state index in [1.165, 1.54) is 5.56 Å². The molecule has 0 amide bonds. The molecule has 0 spiro atoms. The fourth-order valence-electron chi connectivity index (χ4n) is 3.06. The molecule has 2 heterocycles. The SMILES string of the molecule is O=c1[nH]cc(OCC(c2ccccc2)n2cccc2)c2ccccc12. The maximum absolute atomic E-state index is 12.0. The maximum atomic E-state index is 12.0. The predicted molar refractivity (Wildman–Crippen MR) is 99.1 cm³/mol. The van der Waals surface area contributed by atoms with Crippen molar-refractivity contribution in [1.29, 1.82) is 0 Å². The highest BCUT2D eigenvalue weighted by molar-refractivity contribution is 5.86. The maximum Gasteiger partial charge on any atom is 0.256 e. The standard InChI is InChI=1S/C21H18N2O2/c24-21-18-11-5-4-10-17(18)20(14-22-21)25-15-19(23-12-6-7-13-23)16-8-2-1-3-9-16/h1-14,19H,15H2,(H,22,24). The first kappa shape index (κ1) is 15.3. The van der Waals surface area contributed by atoms with Crippen molar-refractivity contribution in [2.75, 3.05) is 6.61 Å². The van der Waals surface area contributed by atoms with Crippen LogP contribution >= 0.6 is 0 Å². The van der Waals surface area contributed by atoms with Crippen LogP contribution in [0.2, 0.25) is 0 Å². The van der Waals surface area contributed by atoms with Crippen LogP contribution in [0.1, 0.15) is 11.6 Å². The van der Waals surface area contributed by atoms with E-state index < -0.39 is 0 Å². The minimum absolute atomic E-state index is 0.0573. The highest BCUT2D eigenvalue weighted by Crippen LogP contribution is 2.25. The van der Waals surface area contributed by atoms with Crippen LogP contribution in [0.25, 0.3) is 10.8 Å². The van der Waals surface area contributed by atoms with E-state index in [2.05, 4.69) is 21.7 Å². The van der Waals surface area contributed by atoms with Crippen molar-refractivity contribution in [3.05, 3.63) is 101 Å². The first-order chi connectivity index (χ1) is 12.3. The average Bonchev–Trinajstić information content (AvgIpc) is 3.19. The Morgan fingerprint density at radius 3 is 2.32 bits per heavy atom. The summed E-state index contributed by atoms with van der Waals surface area (Å²) in [6, 6.07) is 21.8. The smallest absolute Gasteiger partial charge is 0.256 e. The van der Waals surface area contributed by atoms with Crippen LogP contribution in [0.3, 0.4) is 0 Å². The molecular weight excluding hydrogens is 312 g/mol. The molecule has 0 bridgehead atoms. The van der Waals surface area contributed by atoms with Gasteiger partial charge in [0, 0.05) is 24.0 Å². The van der Waals surface area contributed by atoms with Crippen LogP contribution in [-0.2, 0) is 0 Å². The lowest BCUT2D eigenvalue weighted by Gasteiger charge is -2.20. The van der Waals surface area contributed by atoms with Gasteiger partial charge in [-0.15, -0.1) is 0 Å². The summed E-state index contributed by atoms with van der Waals surface area (Å²) in [6.45, 7) is 0.467. The third-order valence-electron chi connectivity index (χ3n) is 4.34. The van der Waals surface area contributed by atoms with E-state index in [1.54, 1.807) is 6.20 Å². The van der Waals surface area contributed by atoms with Crippen molar-refractivity contribution in [3.8, 4) is 5.75 Å². The van der Waals surface area contributed by atoms with E-state index in [4.69, 9.17) is 4.74 Å². The van der Waals surface area contributed by atoms with Crippen LogP contribution in [0.4, 0.5) is 0 Å². The van der Waals surface area contributed by atoms with Gasteiger partial charge in [0.25, 0.3) is 5.56 Å². The Morgan fingerprint density at radius 2 is 1.56 bits per heavy atom. The van der Waals surface area contributed by atoms with E-state index in [1.807, 2.05) is 67.0 Å². The Labute approximate surface area is 145 Å². The van der Waals surface area contributed by atoms with Crippen molar-refractivity contribution in [1.82, 2.24) is 9.55 Å². The van der Waals surface area contributed by atoms with Gasteiger partial charge in [-0.3, -0.25) is 4.79 Å². The van der Waals surface area contributed by atoms with Gasteiger partial charge in [0.05, 0.1) is 11.4 Å². The molecule has 0 saturated carbocycles. The fourth-order valence-corrected chi connectivity index (χ4v) is 3.06. The number of nitrogens with zero attached hydrogens (tertiary/aromatic N) is 1. The molecule has 2 aromatic carbocycles. The molecule has 124 valence electrons. The van der Waals surface area contributed by atoms with E-state index in [0.717, 1.165) is 5.39 Å². The van der Waals surface area contributed by atoms with Crippen LogP contribution in [0.15, 0.2) is 90.1 Å². The Kier molecular flexibility index (Phi) is 4.09. The zero-order chi connectivity index (χ0) is 17.1. The molecule has 0 saturated heterocycles. The zero-order valence-electron chi connectivity index (χ0n) is 13.6. The number of fused-ring (bicyclic) bond motifs is 1. The molecule has 1 atom stereocenters. The van der Waals surface area contributed by atoms with Crippen molar-refractivity contribution >= 4 is 10.8 Å². The van der Waals surface area contributed by atoms with E-state index in [-0.39, 0.29) is 11.6 Å². The third-order valence-corrected chi connectivity index (χ3v) is 4.34. The number of hydrogen-bond acceptors (Lipinski definition) is 2. The van der Waals surface area contributed by atoms with Crippen molar-refractivity contribution in [2.45, 2.75) is 6.04 Å². The second-order valence-corrected chi connectivity index (χ2v) is 5.90. The lowest BCUT2D eigenvalue weighted by molar-refractivity contribution is 0.274. The fraction of sp³-hybridized carbons (Fsp3) is 0.0952. The van der Waals surface area contributed by atoms with Crippen LogP contribution < -0.4 is 10.3 Å². The summed E-state index contributed by atoms with van der Waals surface area (Å²) in [6.07, 6.45) is 5.71. The number of hydrogen-bond donors (Lipinski definition) is 1. The molecule has 4 aromatic rings. The number of nitrogens with one attached hydrogen (secondary N) is 1. The van der Waals surface area contributed by atoms with Gasteiger partial charge in [-0.2, -0.15) is 0 Å². The van der Waals surface area contributed by atoms with Gasteiger partial charge < -0.3 is 14.3 Å². The number of aromatic nitrogens is 2. The second-order valence-electron chi connectivity index (χ2n) is 5.90. The number of H-pyrrole nitrogens is 1. The largest absolute Gasteiger partial charge is 0.489 e. The van der Waals surface area contributed by atoms with Crippen molar-refractivity contribution in [2.24, 2.45) is 0 Å². The lowest BCUT2D eigenvalue weighted by Crippen LogP contribution is -2.18. The molecule has 0 aliphatic heterocycles. The number of benzene rings is 2. The number of rotatable bonds is 5. The normalized spacial score (nSPS) is 12.2. The van der Waals surface area contributed by atoms with Crippen molar-refractivity contribution < 1.29 is 4.74 Å². The number of pyridine rings is 1. The highest BCUT2D eigenvalue weighted by Gasteiger charge is 2.15. The molecule has 0 fully saturated rings. The van der Waals surface area contributed by atoms with E-state index in [9.17, 15) is 4.79 Å². The Bertz CT molecular complexity index is 1020. The quantitative estimate of drug-likeness (QED) is 0.601. The summed E-state index contributed by atoms with van der Waals surface area (Å²) in [4.78, 5) is 14.7. The minimum atomic E-state index is -0.104. The van der Waals surface area contributed by atoms with Gasteiger partial charge in [-0.25, -0.2) is 0 Å². The monoisotopic (exact) mass is 330 g/mol. The van der Waals surface area contributed by atoms with Gasteiger partial charge in [0.2, 0.25) is 0 Å². The number of ether oxygens (including phenoxy) is 1. The van der Waals surface area contributed by atoms with Crippen LogP contribution in [0.5, 0.6) is 5.75 Å². The molecule has 2 aromatic heterocycles. The molecule has 4 nitrogen and oxygen atoms in total. The Morgan fingerprint density at radius 1 is 0.880 bits per heavy atom. The average molecular weight is 330 g/mol. The predicted octanol–water partition coefficient (Wildman–Crippen LogP) is 4.00. The summed E-state index contributed by atoms with van der Waals surface area (Å²) in [7, 11) is 0. The Hall–Kier alpha value is -3.27. The van der Waals surface area contributed by atoms with Gasteiger partial charge >= 0.3 is 0 Å². The number of aromatic amines is 1. The summed E-state index contributed by atoms with van der Waals surface area (Å²) in [5, 5.41) is 1.46. The molecule has 1 N–H and O–H groups in total. The van der Waals surface area contributed by atoms with Crippen molar-refractivity contribution in [3.63, 3.8) is 0 Å². The lowest BCUT2D eigenvalue weighted by atomic mass is 10.1. The Balaban J connectivity index is 1.67. The molecule has 4 rings (SSSR count). The minimum Gasteiger partial charge on any atom is -0.489 e. The third kappa shape index (κ3) is 3.06.